The molecule has 0 aliphatic carbocycles. The Labute approximate surface area is 129 Å². The first-order chi connectivity index (χ1) is 10.8. The predicted molar refractivity (Wildman–Crippen MR) is 83.9 cm³/mol. The van der Waals surface area contributed by atoms with Crippen LogP contribution in [0.15, 0.2) is 48.5 Å². The second-order valence-corrected chi connectivity index (χ2v) is 4.96. The number of amides is 1. The summed E-state index contributed by atoms with van der Waals surface area (Å²) in [4.78, 5) is 11.2. The maximum atomic E-state index is 11.2. The van der Waals surface area contributed by atoms with Gasteiger partial charge in [-0.2, -0.15) is 0 Å². The first-order valence-electron chi connectivity index (χ1n) is 7.01. The zero-order valence-corrected chi connectivity index (χ0v) is 12.2. The standard InChI is InChI=1S/C16H16BNO4/c1-20-16(19)18-15-8-6-14(7-9-15)17-21-10-12-4-2-3-5-13(12)11-22-17/h2-9H,10-11H2,1H3,(H,18,19). The van der Waals surface area contributed by atoms with Crippen molar-refractivity contribution in [2.75, 3.05) is 12.4 Å². The lowest BCUT2D eigenvalue weighted by molar-refractivity contribution is 0.187. The molecule has 0 radical (unpaired) electrons. The molecule has 5 nitrogen and oxygen atoms in total. The molecule has 1 heterocycles. The van der Waals surface area contributed by atoms with Gasteiger partial charge in [0.1, 0.15) is 0 Å². The fourth-order valence-corrected chi connectivity index (χ4v) is 2.30. The molecule has 3 rings (SSSR count). The van der Waals surface area contributed by atoms with E-state index < -0.39 is 13.2 Å². The van der Waals surface area contributed by atoms with Gasteiger partial charge in [-0.1, -0.05) is 36.4 Å². The normalized spacial score (nSPS) is 14.0. The van der Waals surface area contributed by atoms with Crippen molar-refractivity contribution in [3.8, 4) is 0 Å². The Bertz CT molecular complexity index is 632. The molecule has 1 N–H and O–H groups in total. The number of rotatable bonds is 2. The predicted octanol–water partition coefficient (Wildman–Crippen LogP) is 2.31. The van der Waals surface area contributed by atoms with Crippen LogP contribution < -0.4 is 10.8 Å². The number of hydrogen-bond donors (Lipinski definition) is 1. The van der Waals surface area contributed by atoms with Gasteiger partial charge in [-0.15, -0.1) is 0 Å². The summed E-state index contributed by atoms with van der Waals surface area (Å²) in [5.74, 6) is 0. The average molecular weight is 297 g/mol. The molecule has 6 heteroatoms. The molecule has 1 aliphatic rings. The van der Waals surface area contributed by atoms with Crippen LogP contribution in [0.1, 0.15) is 11.1 Å². The molecule has 2 aromatic rings. The molecular formula is C16H16BNO4. The van der Waals surface area contributed by atoms with E-state index in [1.54, 1.807) is 12.1 Å². The summed E-state index contributed by atoms with van der Waals surface area (Å²) in [6, 6.07) is 15.4. The van der Waals surface area contributed by atoms with Crippen molar-refractivity contribution in [2.45, 2.75) is 13.2 Å². The fraction of sp³-hybridized carbons (Fsp3) is 0.188. The fourth-order valence-electron chi connectivity index (χ4n) is 2.30. The van der Waals surface area contributed by atoms with Gasteiger partial charge in [0.05, 0.1) is 20.3 Å². The summed E-state index contributed by atoms with van der Waals surface area (Å²) in [6.45, 7) is 1.03. The lowest BCUT2D eigenvalue weighted by Crippen LogP contribution is -2.35. The van der Waals surface area contributed by atoms with Gasteiger partial charge in [0.15, 0.2) is 0 Å². The van der Waals surface area contributed by atoms with Crippen LogP contribution in [0.5, 0.6) is 0 Å². The van der Waals surface area contributed by atoms with E-state index in [4.69, 9.17) is 9.31 Å². The van der Waals surface area contributed by atoms with E-state index in [1.807, 2.05) is 36.4 Å². The van der Waals surface area contributed by atoms with Crippen LogP contribution in [0.25, 0.3) is 0 Å². The highest BCUT2D eigenvalue weighted by Gasteiger charge is 2.25. The molecule has 0 aromatic heterocycles. The van der Waals surface area contributed by atoms with Gasteiger partial charge in [-0.05, 0) is 28.7 Å². The first-order valence-corrected chi connectivity index (χ1v) is 7.01. The molecule has 1 aliphatic heterocycles. The molecule has 0 bridgehead atoms. The van der Waals surface area contributed by atoms with Crippen molar-refractivity contribution in [1.29, 1.82) is 0 Å². The number of ether oxygens (including phenoxy) is 1. The Morgan fingerprint density at radius 2 is 1.64 bits per heavy atom. The lowest BCUT2D eigenvalue weighted by atomic mass is 9.79. The summed E-state index contributed by atoms with van der Waals surface area (Å²) in [7, 11) is 0.911. The van der Waals surface area contributed by atoms with E-state index in [1.165, 1.54) is 7.11 Å². The van der Waals surface area contributed by atoms with Crippen molar-refractivity contribution in [2.24, 2.45) is 0 Å². The van der Waals surface area contributed by atoms with E-state index in [0.29, 0.717) is 18.9 Å². The smallest absolute Gasteiger partial charge is 0.453 e. The van der Waals surface area contributed by atoms with Gasteiger partial charge < -0.3 is 14.0 Å². The lowest BCUT2D eigenvalue weighted by Gasteiger charge is -2.11. The van der Waals surface area contributed by atoms with Crippen molar-refractivity contribution < 1.29 is 18.8 Å². The number of benzene rings is 2. The van der Waals surface area contributed by atoms with Crippen molar-refractivity contribution in [1.82, 2.24) is 0 Å². The van der Waals surface area contributed by atoms with Crippen LogP contribution >= 0.6 is 0 Å². The Hall–Kier alpha value is -2.31. The number of methoxy groups -OCH3 is 1. The van der Waals surface area contributed by atoms with E-state index in [0.717, 1.165) is 16.6 Å². The summed E-state index contributed by atoms with van der Waals surface area (Å²) in [6.07, 6.45) is -0.495. The zero-order chi connectivity index (χ0) is 15.4. The number of carbonyl (C=O) groups is 1. The topological polar surface area (TPSA) is 56.8 Å². The highest BCUT2D eigenvalue weighted by Crippen LogP contribution is 2.17. The number of fused-ring (bicyclic) bond motifs is 1. The summed E-state index contributed by atoms with van der Waals surface area (Å²) in [5.41, 5.74) is 3.86. The van der Waals surface area contributed by atoms with E-state index in [2.05, 4.69) is 10.1 Å². The van der Waals surface area contributed by atoms with Crippen LogP contribution in [-0.4, -0.2) is 20.3 Å². The molecule has 0 atom stereocenters. The molecular weight excluding hydrogens is 281 g/mol. The second kappa shape index (κ2) is 6.64. The molecule has 0 saturated heterocycles. The molecule has 0 unspecified atom stereocenters. The number of anilines is 1. The zero-order valence-electron chi connectivity index (χ0n) is 12.2. The highest BCUT2D eigenvalue weighted by molar-refractivity contribution is 6.61. The molecule has 0 spiro atoms. The minimum atomic E-state index is -0.495. The highest BCUT2D eigenvalue weighted by atomic mass is 16.6. The van der Waals surface area contributed by atoms with Gasteiger partial charge in [0, 0.05) is 5.69 Å². The second-order valence-electron chi connectivity index (χ2n) is 4.96. The molecule has 112 valence electrons. The maximum absolute atomic E-state index is 11.2. The summed E-state index contributed by atoms with van der Waals surface area (Å²) < 4.78 is 16.2. The summed E-state index contributed by atoms with van der Waals surface area (Å²) >= 11 is 0. The quantitative estimate of drug-likeness (QED) is 0.864. The first kappa shape index (κ1) is 14.6. The van der Waals surface area contributed by atoms with Gasteiger partial charge in [-0.25, -0.2) is 4.79 Å². The molecule has 2 aromatic carbocycles. The van der Waals surface area contributed by atoms with Gasteiger partial charge in [-0.3, -0.25) is 5.32 Å². The van der Waals surface area contributed by atoms with E-state index in [-0.39, 0.29) is 0 Å². The Morgan fingerprint density at radius 1 is 1.05 bits per heavy atom. The third-order valence-electron chi connectivity index (χ3n) is 3.51. The van der Waals surface area contributed by atoms with Crippen LogP contribution in [0.3, 0.4) is 0 Å². The largest absolute Gasteiger partial charge is 0.494 e. The Balaban J connectivity index is 1.69. The third-order valence-corrected chi connectivity index (χ3v) is 3.51. The van der Waals surface area contributed by atoms with E-state index >= 15 is 0 Å². The van der Waals surface area contributed by atoms with Crippen LogP contribution in [0.2, 0.25) is 0 Å². The number of carbonyl (C=O) groups excluding carboxylic acids is 1. The Kier molecular flexibility index (Phi) is 4.41. The van der Waals surface area contributed by atoms with Crippen molar-refractivity contribution in [3.05, 3.63) is 59.7 Å². The molecule has 0 fully saturated rings. The third kappa shape index (κ3) is 3.29. The van der Waals surface area contributed by atoms with Gasteiger partial charge >= 0.3 is 13.2 Å². The minimum absolute atomic E-state index is 0.417. The van der Waals surface area contributed by atoms with Gasteiger partial charge in [0.25, 0.3) is 0 Å². The van der Waals surface area contributed by atoms with Crippen LogP contribution in [-0.2, 0) is 27.3 Å². The van der Waals surface area contributed by atoms with Crippen molar-refractivity contribution in [3.63, 3.8) is 0 Å². The number of hydrogen-bond acceptors (Lipinski definition) is 4. The van der Waals surface area contributed by atoms with Crippen LogP contribution in [0, 0.1) is 0 Å². The average Bonchev–Trinajstić information content (AvgIpc) is 2.78. The monoisotopic (exact) mass is 297 g/mol. The maximum Gasteiger partial charge on any atom is 0.494 e. The minimum Gasteiger partial charge on any atom is -0.453 e. The summed E-state index contributed by atoms with van der Waals surface area (Å²) in [5, 5.41) is 2.61. The molecule has 1 amide bonds. The SMILES string of the molecule is COC(=O)Nc1ccc(B2OCc3ccccc3CO2)cc1. The van der Waals surface area contributed by atoms with Crippen LogP contribution in [0.4, 0.5) is 10.5 Å². The molecule has 0 saturated carbocycles. The van der Waals surface area contributed by atoms with Crippen molar-refractivity contribution >= 4 is 24.4 Å². The Morgan fingerprint density at radius 3 is 2.18 bits per heavy atom. The number of nitrogens with one attached hydrogen (secondary N) is 1. The molecule has 22 heavy (non-hydrogen) atoms. The van der Waals surface area contributed by atoms with Gasteiger partial charge in [0.2, 0.25) is 0 Å². The van der Waals surface area contributed by atoms with E-state index in [9.17, 15) is 4.79 Å².